The Balaban J connectivity index is 2.03. The van der Waals surface area contributed by atoms with Crippen LogP contribution in [-0.4, -0.2) is 47.1 Å². The lowest BCUT2D eigenvalue weighted by molar-refractivity contribution is 0.301. The Morgan fingerprint density at radius 3 is 2.67 bits per heavy atom. The van der Waals surface area contributed by atoms with E-state index in [2.05, 4.69) is 16.2 Å². The van der Waals surface area contributed by atoms with E-state index in [4.69, 9.17) is 9.47 Å². The molecular weight excluding hydrogens is 346 g/mol. The van der Waals surface area contributed by atoms with Crippen LogP contribution >= 0.6 is 0 Å². The van der Waals surface area contributed by atoms with Crippen LogP contribution in [0.4, 0.5) is 5.82 Å². The summed E-state index contributed by atoms with van der Waals surface area (Å²) in [5, 5.41) is 23.1. The molecule has 3 aromatic rings. The molecule has 0 spiro atoms. The average molecular weight is 367 g/mol. The number of aryl methyl sites for hydroxylation is 1. The summed E-state index contributed by atoms with van der Waals surface area (Å²) in [4.78, 5) is 6.40. The molecular formula is C19H21N5O3. The molecule has 0 radical (unpaired) electrons. The van der Waals surface area contributed by atoms with E-state index in [0.29, 0.717) is 35.8 Å². The molecule has 3 rings (SSSR count). The molecule has 0 aliphatic carbocycles. The van der Waals surface area contributed by atoms with Crippen molar-refractivity contribution in [3.05, 3.63) is 47.3 Å². The van der Waals surface area contributed by atoms with Gasteiger partial charge in [-0.1, -0.05) is 6.07 Å². The summed E-state index contributed by atoms with van der Waals surface area (Å²) >= 11 is 0. The third kappa shape index (κ3) is 3.64. The van der Waals surface area contributed by atoms with Crippen molar-refractivity contribution in [2.45, 2.75) is 13.5 Å². The lowest BCUT2D eigenvalue weighted by atomic mass is 10.2. The van der Waals surface area contributed by atoms with Gasteiger partial charge in [-0.2, -0.15) is 14.9 Å². The van der Waals surface area contributed by atoms with Crippen molar-refractivity contribution in [1.82, 2.24) is 14.6 Å². The van der Waals surface area contributed by atoms with Crippen molar-refractivity contribution in [3.63, 3.8) is 0 Å². The maximum Gasteiger partial charge on any atom is 0.175 e. The summed E-state index contributed by atoms with van der Waals surface area (Å²) in [6.07, 6.45) is 1.50. The Kier molecular flexibility index (Phi) is 5.43. The number of hydrogen-bond acceptors (Lipinski definition) is 7. The first-order valence-corrected chi connectivity index (χ1v) is 8.43. The first-order valence-electron chi connectivity index (χ1n) is 8.43. The monoisotopic (exact) mass is 367 g/mol. The van der Waals surface area contributed by atoms with Crippen molar-refractivity contribution < 1.29 is 14.6 Å². The van der Waals surface area contributed by atoms with E-state index in [-0.39, 0.29) is 6.61 Å². The molecule has 2 heterocycles. The summed E-state index contributed by atoms with van der Waals surface area (Å²) in [5.41, 5.74) is 2.67. The number of aliphatic hydroxyl groups is 1. The fraction of sp³-hybridized carbons (Fsp3) is 0.316. The van der Waals surface area contributed by atoms with Crippen LogP contribution in [0.5, 0.6) is 11.5 Å². The molecule has 0 bridgehead atoms. The van der Waals surface area contributed by atoms with Gasteiger partial charge in [0.1, 0.15) is 17.5 Å². The van der Waals surface area contributed by atoms with E-state index >= 15 is 0 Å². The fourth-order valence-electron chi connectivity index (χ4n) is 2.96. The van der Waals surface area contributed by atoms with Gasteiger partial charge in [0.15, 0.2) is 17.1 Å². The Hall–Kier alpha value is -3.31. The zero-order valence-corrected chi connectivity index (χ0v) is 15.5. The molecule has 8 nitrogen and oxygen atoms in total. The summed E-state index contributed by atoms with van der Waals surface area (Å²) in [6, 6.07) is 9.69. The Morgan fingerprint density at radius 1 is 1.22 bits per heavy atom. The molecule has 0 saturated heterocycles. The summed E-state index contributed by atoms with van der Waals surface area (Å²) in [7, 11) is 3.19. The SMILES string of the molecule is COc1ccc(CN(CCO)c2cc(C)nc3c(C#N)cnn23)cc1OC. The van der Waals surface area contributed by atoms with Crippen molar-refractivity contribution in [2.24, 2.45) is 0 Å². The Morgan fingerprint density at radius 2 is 2.00 bits per heavy atom. The maximum atomic E-state index is 9.57. The largest absolute Gasteiger partial charge is 0.493 e. The standard InChI is InChI=1S/C19H21N5O3/c1-13-8-18(24-19(22-13)15(10-20)11-21-24)23(6-7-25)12-14-4-5-16(26-2)17(9-14)27-3/h4-5,8-9,11,25H,6-7,12H2,1-3H3. The van der Waals surface area contributed by atoms with E-state index in [0.717, 1.165) is 17.1 Å². The van der Waals surface area contributed by atoms with Gasteiger partial charge in [0.05, 0.1) is 27.0 Å². The van der Waals surface area contributed by atoms with Gasteiger partial charge >= 0.3 is 0 Å². The number of anilines is 1. The third-order valence-corrected chi connectivity index (χ3v) is 4.22. The van der Waals surface area contributed by atoms with Gasteiger partial charge in [0.25, 0.3) is 0 Å². The summed E-state index contributed by atoms with van der Waals surface area (Å²) < 4.78 is 12.3. The number of hydrogen-bond donors (Lipinski definition) is 1. The minimum Gasteiger partial charge on any atom is -0.493 e. The maximum absolute atomic E-state index is 9.57. The first-order chi connectivity index (χ1) is 13.1. The molecule has 0 unspecified atom stereocenters. The molecule has 1 aromatic carbocycles. The van der Waals surface area contributed by atoms with E-state index < -0.39 is 0 Å². The van der Waals surface area contributed by atoms with Gasteiger partial charge in [-0.25, -0.2) is 4.98 Å². The predicted octanol–water partition coefficient (Wildman–Crippen LogP) is 1.93. The normalized spacial score (nSPS) is 10.6. The molecule has 0 saturated carbocycles. The molecule has 1 N–H and O–H groups in total. The highest BCUT2D eigenvalue weighted by Gasteiger charge is 2.16. The molecule has 0 amide bonds. The smallest absolute Gasteiger partial charge is 0.175 e. The van der Waals surface area contributed by atoms with Gasteiger partial charge in [0.2, 0.25) is 0 Å². The van der Waals surface area contributed by atoms with E-state index in [1.54, 1.807) is 18.7 Å². The lowest BCUT2D eigenvalue weighted by Crippen LogP contribution is -2.28. The van der Waals surface area contributed by atoms with E-state index in [1.165, 1.54) is 6.20 Å². The highest BCUT2D eigenvalue weighted by Crippen LogP contribution is 2.29. The van der Waals surface area contributed by atoms with Crippen molar-refractivity contribution in [1.29, 1.82) is 5.26 Å². The van der Waals surface area contributed by atoms with Gasteiger partial charge in [-0.05, 0) is 24.6 Å². The molecule has 27 heavy (non-hydrogen) atoms. The number of methoxy groups -OCH3 is 2. The minimum absolute atomic E-state index is 0.0253. The predicted molar refractivity (Wildman–Crippen MR) is 100 cm³/mol. The van der Waals surface area contributed by atoms with Crippen molar-refractivity contribution in [2.75, 3.05) is 32.3 Å². The zero-order valence-electron chi connectivity index (χ0n) is 15.5. The second-order valence-corrected chi connectivity index (χ2v) is 6.00. The average Bonchev–Trinajstić information content (AvgIpc) is 3.09. The first kappa shape index (κ1) is 18.5. The van der Waals surface area contributed by atoms with Crippen LogP contribution in [0.3, 0.4) is 0 Å². The fourth-order valence-corrected chi connectivity index (χ4v) is 2.96. The summed E-state index contributed by atoms with van der Waals surface area (Å²) in [5.74, 6) is 2.05. The van der Waals surface area contributed by atoms with E-state index in [9.17, 15) is 10.4 Å². The van der Waals surface area contributed by atoms with E-state index in [1.807, 2.05) is 36.1 Å². The number of ether oxygens (including phenoxy) is 2. The molecule has 8 heteroatoms. The third-order valence-electron chi connectivity index (χ3n) is 4.22. The van der Waals surface area contributed by atoms with Crippen LogP contribution in [-0.2, 0) is 6.54 Å². The molecule has 0 atom stereocenters. The lowest BCUT2D eigenvalue weighted by Gasteiger charge is -2.25. The number of fused-ring (bicyclic) bond motifs is 1. The second-order valence-electron chi connectivity index (χ2n) is 6.00. The van der Waals surface area contributed by atoms with Crippen LogP contribution < -0.4 is 14.4 Å². The molecule has 0 aliphatic rings. The van der Waals surface area contributed by atoms with Crippen molar-refractivity contribution in [3.8, 4) is 17.6 Å². The van der Waals surface area contributed by atoms with Gasteiger partial charge in [-0.15, -0.1) is 0 Å². The van der Waals surface area contributed by atoms with Crippen LogP contribution in [0, 0.1) is 18.3 Å². The minimum atomic E-state index is -0.0253. The van der Waals surface area contributed by atoms with Crippen molar-refractivity contribution >= 4 is 11.5 Å². The van der Waals surface area contributed by atoms with Crippen LogP contribution in [0.2, 0.25) is 0 Å². The van der Waals surface area contributed by atoms with Crippen LogP contribution in [0.15, 0.2) is 30.5 Å². The number of aromatic nitrogens is 3. The molecule has 0 aliphatic heterocycles. The number of rotatable bonds is 7. The number of benzene rings is 1. The zero-order chi connectivity index (χ0) is 19.4. The Bertz CT molecular complexity index is 993. The number of nitrogens with zero attached hydrogens (tertiary/aromatic N) is 5. The van der Waals surface area contributed by atoms with Gasteiger partial charge < -0.3 is 19.5 Å². The highest BCUT2D eigenvalue weighted by molar-refractivity contribution is 5.59. The Labute approximate surface area is 157 Å². The second kappa shape index (κ2) is 7.93. The quantitative estimate of drug-likeness (QED) is 0.681. The summed E-state index contributed by atoms with van der Waals surface area (Å²) in [6.45, 7) is 2.75. The van der Waals surface area contributed by atoms with Crippen LogP contribution in [0.25, 0.3) is 5.65 Å². The number of nitriles is 1. The highest BCUT2D eigenvalue weighted by atomic mass is 16.5. The van der Waals surface area contributed by atoms with Gasteiger partial charge in [0, 0.05) is 24.8 Å². The molecule has 2 aromatic heterocycles. The molecule has 140 valence electrons. The topological polar surface area (TPSA) is 95.9 Å². The molecule has 0 fully saturated rings. The van der Waals surface area contributed by atoms with Gasteiger partial charge in [-0.3, -0.25) is 0 Å². The number of aliphatic hydroxyl groups excluding tert-OH is 1. The van der Waals surface area contributed by atoms with Crippen LogP contribution in [0.1, 0.15) is 16.8 Å².